The first-order valence-corrected chi connectivity index (χ1v) is 13.3. The van der Waals surface area contributed by atoms with Crippen LogP contribution in [0.2, 0.25) is 0 Å². The number of carbonyl (C=O) groups is 4. The highest BCUT2D eigenvalue weighted by atomic mass is 16.2. The van der Waals surface area contributed by atoms with Crippen LogP contribution in [0.3, 0.4) is 0 Å². The summed E-state index contributed by atoms with van der Waals surface area (Å²) in [6, 6.07) is 6.72. The Hall–Kier alpha value is -3.73. The molecule has 216 valence electrons. The summed E-state index contributed by atoms with van der Waals surface area (Å²) in [5.41, 5.74) is 17.9. The number of guanidine groups is 1. The predicted molar refractivity (Wildman–Crippen MR) is 154 cm³/mol. The number of benzene rings is 1. The minimum absolute atomic E-state index is 0.0162. The van der Waals surface area contributed by atoms with Gasteiger partial charge >= 0.3 is 0 Å². The van der Waals surface area contributed by atoms with E-state index < -0.39 is 35.8 Å². The normalized spacial score (nSPS) is 13.5. The van der Waals surface area contributed by atoms with Gasteiger partial charge < -0.3 is 27.8 Å². The van der Waals surface area contributed by atoms with E-state index in [2.05, 4.69) is 15.6 Å². The van der Waals surface area contributed by atoms with Crippen molar-refractivity contribution < 1.29 is 19.2 Å². The van der Waals surface area contributed by atoms with Crippen LogP contribution in [0, 0.1) is 11.8 Å². The predicted octanol–water partition coefficient (Wildman–Crippen LogP) is 1.13. The molecule has 0 aliphatic heterocycles. The van der Waals surface area contributed by atoms with Crippen molar-refractivity contribution in [3.63, 3.8) is 0 Å². The maximum atomic E-state index is 13.9. The maximum absolute atomic E-state index is 13.9. The molecule has 0 aliphatic carbocycles. The van der Waals surface area contributed by atoms with Gasteiger partial charge in [-0.3, -0.25) is 29.1 Å². The highest BCUT2D eigenvalue weighted by Crippen LogP contribution is 2.18. The van der Waals surface area contributed by atoms with E-state index in [0.29, 0.717) is 12.8 Å². The molecule has 11 heteroatoms. The molecule has 0 unspecified atom stereocenters. The molecule has 8 N–H and O–H groups in total. The Morgan fingerprint density at radius 1 is 1.03 bits per heavy atom. The smallest absolute Gasteiger partial charge is 0.252 e. The standard InChI is InChI=1S/C28H45N7O4/c1-18(2)16-22(29)26(38)35(27(39)23(34-20(5)36)12-9-15-32-28(30)31)24(19(3)4)17-33-25(37)14-13-21-10-7-6-8-11-21/h6-8,10-11,13-14,18-19,22-24H,9,12,15-17,29H2,1-5H3,(H,33,37)(H,34,36)(H4,30,31,32)/b14-13+/t22-,23-,24+/m0/s1. The van der Waals surface area contributed by atoms with Gasteiger partial charge in [0.05, 0.1) is 12.1 Å². The van der Waals surface area contributed by atoms with Gasteiger partial charge in [-0.05, 0) is 42.7 Å². The van der Waals surface area contributed by atoms with Crippen molar-refractivity contribution in [1.29, 1.82) is 0 Å². The molecule has 1 rings (SSSR count). The number of nitrogens with zero attached hydrogens (tertiary/aromatic N) is 2. The van der Waals surface area contributed by atoms with Crippen LogP contribution in [0.1, 0.15) is 59.4 Å². The molecule has 1 aromatic rings. The highest BCUT2D eigenvalue weighted by molar-refractivity contribution is 6.01. The average molecular weight is 544 g/mol. The SMILES string of the molecule is CC(=O)N[C@@H](CCCN=C(N)N)C(=O)N(C(=O)[C@@H](N)CC(C)C)[C@H](CNC(=O)/C=C/c1ccccc1)C(C)C. The summed E-state index contributed by atoms with van der Waals surface area (Å²) < 4.78 is 0. The van der Waals surface area contributed by atoms with Crippen molar-refractivity contribution in [2.75, 3.05) is 13.1 Å². The number of rotatable bonds is 15. The zero-order valence-electron chi connectivity index (χ0n) is 23.7. The molecule has 39 heavy (non-hydrogen) atoms. The topological polar surface area (TPSA) is 186 Å². The van der Waals surface area contributed by atoms with E-state index in [4.69, 9.17) is 17.2 Å². The van der Waals surface area contributed by atoms with Crippen LogP contribution in [-0.2, 0) is 19.2 Å². The summed E-state index contributed by atoms with van der Waals surface area (Å²) in [6.07, 6.45) is 4.04. The lowest BCUT2D eigenvalue weighted by molar-refractivity contribution is -0.152. The number of amides is 4. The van der Waals surface area contributed by atoms with Crippen LogP contribution in [0.5, 0.6) is 0 Å². The Bertz CT molecular complexity index is 1000. The van der Waals surface area contributed by atoms with Gasteiger partial charge in [-0.15, -0.1) is 0 Å². The van der Waals surface area contributed by atoms with E-state index >= 15 is 0 Å². The number of nitrogens with one attached hydrogen (secondary N) is 2. The van der Waals surface area contributed by atoms with E-state index in [1.807, 2.05) is 58.0 Å². The molecule has 11 nitrogen and oxygen atoms in total. The van der Waals surface area contributed by atoms with Gasteiger partial charge in [0.25, 0.3) is 5.91 Å². The van der Waals surface area contributed by atoms with Crippen molar-refractivity contribution >= 4 is 35.7 Å². The fourth-order valence-corrected chi connectivity index (χ4v) is 4.02. The molecule has 0 heterocycles. The van der Waals surface area contributed by atoms with Gasteiger partial charge in [-0.1, -0.05) is 58.0 Å². The average Bonchev–Trinajstić information content (AvgIpc) is 2.86. The summed E-state index contributed by atoms with van der Waals surface area (Å²) in [6.45, 7) is 9.14. The lowest BCUT2D eigenvalue weighted by Gasteiger charge is -2.37. The molecule has 0 bridgehead atoms. The van der Waals surface area contributed by atoms with Crippen molar-refractivity contribution in [2.45, 2.75) is 72.0 Å². The van der Waals surface area contributed by atoms with Crippen LogP contribution in [0.25, 0.3) is 6.08 Å². The van der Waals surface area contributed by atoms with Gasteiger partial charge in [-0.2, -0.15) is 0 Å². The number of imide groups is 1. The molecule has 0 fully saturated rings. The third-order valence-electron chi connectivity index (χ3n) is 5.95. The number of carbonyl (C=O) groups excluding carboxylic acids is 4. The molecular formula is C28H45N7O4. The Balaban J connectivity index is 3.24. The Morgan fingerprint density at radius 2 is 1.67 bits per heavy atom. The lowest BCUT2D eigenvalue weighted by Crippen LogP contribution is -2.61. The summed E-state index contributed by atoms with van der Waals surface area (Å²) in [5.74, 6) is -2.12. The van der Waals surface area contributed by atoms with Crippen LogP contribution in [0.4, 0.5) is 0 Å². The Kier molecular flexibility index (Phi) is 14.5. The van der Waals surface area contributed by atoms with E-state index in [1.165, 1.54) is 13.0 Å². The molecule has 0 spiro atoms. The molecular weight excluding hydrogens is 498 g/mol. The first kappa shape index (κ1) is 33.3. The van der Waals surface area contributed by atoms with E-state index in [9.17, 15) is 19.2 Å². The zero-order chi connectivity index (χ0) is 29.5. The molecule has 0 radical (unpaired) electrons. The maximum Gasteiger partial charge on any atom is 0.252 e. The van der Waals surface area contributed by atoms with Crippen LogP contribution >= 0.6 is 0 Å². The lowest BCUT2D eigenvalue weighted by atomic mass is 9.97. The summed E-state index contributed by atoms with van der Waals surface area (Å²) in [7, 11) is 0. The second-order valence-electron chi connectivity index (χ2n) is 10.3. The van der Waals surface area contributed by atoms with Gasteiger partial charge in [0, 0.05) is 26.1 Å². The molecule has 4 amide bonds. The monoisotopic (exact) mass is 543 g/mol. The van der Waals surface area contributed by atoms with Gasteiger partial charge in [0.15, 0.2) is 5.96 Å². The van der Waals surface area contributed by atoms with Crippen molar-refractivity contribution in [2.24, 2.45) is 34.0 Å². The van der Waals surface area contributed by atoms with E-state index in [0.717, 1.165) is 10.5 Å². The molecule has 0 aromatic heterocycles. The molecule has 1 aromatic carbocycles. The first-order chi connectivity index (χ1) is 18.3. The van der Waals surface area contributed by atoms with Crippen molar-refractivity contribution in [1.82, 2.24) is 15.5 Å². The minimum Gasteiger partial charge on any atom is -0.370 e. The number of hydrogen-bond donors (Lipinski definition) is 5. The second-order valence-corrected chi connectivity index (χ2v) is 10.3. The molecule has 0 saturated carbocycles. The fraction of sp³-hybridized carbons (Fsp3) is 0.536. The quantitative estimate of drug-likeness (QED) is 0.0949. The van der Waals surface area contributed by atoms with Gasteiger partial charge in [-0.25, -0.2) is 0 Å². The third-order valence-corrected chi connectivity index (χ3v) is 5.95. The number of hydrogen-bond acceptors (Lipinski definition) is 6. The molecule has 0 saturated heterocycles. The third kappa shape index (κ3) is 12.6. The number of nitrogens with two attached hydrogens (primary N) is 3. The number of aliphatic imine (C=N–C) groups is 1. The summed E-state index contributed by atoms with van der Waals surface area (Å²) >= 11 is 0. The zero-order valence-corrected chi connectivity index (χ0v) is 23.7. The first-order valence-electron chi connectivity index (χ1n) is 13.3. The van der Waals surface area contributed by atoms with Gasteiger partial charge in [0.1, 0.15) is 6.04 Å². The Morgan fingerprint density at radius 3 is 2.21 bits per heavy atom. The van der Waals surface area contributed by atoms with Gasteiger partial charge in [0.2, 0.25) is 17.7 Å². The van der Waals surface area contributed by atoms with Crippen LogP contribution < -0.4 is 27.8 Å². The van der Waals surface area contributed by atoms with Crippen molar-refractivity contribution in [3.05, 3.63) is 42.0 Å². The summed E-state index contributed by atoms with van der Waals surface area (Å²) in [4.78, 5) is 57.1. The van der Waals surface area contributed by atoms with E-state index in [-0.39, 0.29) is 43.2 Å². The van der Waals surface area contributed by atoms with Crippen molar-refractivity contribution in [3.8, 4) is 0 Å². The highest BCUT2D eigenvalue weighted by Gasteiger charge is 2.38. The second kappa shape index (κ2) is 17.0. The summed E-state index contributed by atoms with van der Waals surface area (Å²) in [5, 5.41) is 5.45. The largest absolute Gasteiger partial charge is 0.370 e. The minimum atomic E-state index is -0.998. The van der Waals surface area contributed by atoms with Crippen LogP contribution in [0.15, 0.2) is 41.4 Å². The Labute approximate surface area is 231 Å². The van der Waals surface area contributed by atoms with Crippen LogP contribution in [-0.4, -0.2) is 65.7 Å². The molecule has 0 aliphatic rings. The fourth-order valence-electron chi connectivity index (χ4n) is 4.02. The van der Waals surface area contributed by atoms with E-state index in [1.54, 1.807) is 6.08 Å². The molecule has 3 atom stereocenters.